The SMILES string of the molecule is CCOC(=O)c1cn(-c2cnsn2)c2nc(Cl)c(F)cc2c1=O. The third kappa shape index (κ3) is 2.68. The van der Waals surface area contributed by atoms with Crippen LogP contribution in [0.1, 0.15) is 17.3 Å². The van der Waals surface area contributed by atoms with Crippen molar-refractivity contribution in [2.45, 2.75) is 6.92 Å². The molecule has 0 bridgehead atoms. The molecule has 7 nitrogen and oxygen atoms in total. The molecule has 3 rings (SSSR count). The fourth-order valence-corrected chi connectivity index (χ4v) is 2.54. The van der Waals surface area contributed by atoms with E-state index in [4.69, 9.17) is 16.3 Å². The average Bonchev–Trinajstić information content (AvgIpc) is 3.04. The zero-order valence-electron chi connectivity index (χ0n) is 11.6. The number of ether oxygens (including phenoxy) is 1. The van der Waals surface area contributed by atoms with E-state index in [-0.39, 0.29) is 23.2 Å². The summed E-state index contributed by atoms with van der Waals surface area (Å²) in [6, 6.07) is 0.937. The molecule has 3 heterocycles. The maximum atomic E-state index is 13.7. The Hall–Kier alpha value is -2.39. The third-order valence-corrected chi connectivity index (χ3v) is 3.71. The lowest BCUT2D eigenvalue weighted by Crippen LogP contribution is -2.21. The molecule has 0 fully saturated rings. The molecular formula is C13H8ClFN4O3S. The van der Waals surface area contributed by atoms with Gasteiger partial charge < -0.3 is 4.74 Å². The number of esters is 1. The molecule has 0 atom stereocenters. The molecule has 0 aliphatic rings. The molecule has 0 aliphatic carbocycles. The number of carbonyl (C=O) groups excluding carboxylic acids is 1. The summed E-state index contributed by atoms with van der Waals surface area (Å²) in [5.41, 5.74) is -0.876. The van der Waals surface area contributed by atoms with E-state index in [0.29, 0.717) is 5.82 Å². The minimum absolute atomic E-state index is 0.0714. The fourth-order valence-electron chi connectivity index (χ4n) is 2.00. The molecule has 0 aromatic carbocycles. The lowest BCUT2D eigenvalue weighted by Gasteiger charge is -2.10. The maximum Gasteiger partial charge on any atom is 0.343 e. The van der Waals surface area contributed by atoms with Gasteiger partial charge in [-0.3, -0.25) is 9.36 Å². The van der Waals surface area contributed by atoms with Gasteiger partial charge in [0.1, 0.15) is 5.56 Å². The number of aromatic nitrogens is 4. The van der Waals surface area contributed by atoms with E-state index in [9.17, 15) is 14.0 Å². The Labute approximate surface area is 137 Å². The van der Waals surface area contributed by atoms with E-state index >= 15 is 0 Å². The quantitative estimate of drug-likeness (QED) is 0.529. The first kappa shape index (κ1) is 15.5. The molecule has 3 aromatic rings. The van der Waals surface area contributed by atoms with Gasteiger partial charge >= 0.3 is 5.97 Å². The smallest absolute Gasteiger partial charge is 0.343 e. The summed E-state index contributed by atoms with van der Waals surface area (Å²) >= 11 is 6.63. The fraction of sp³-hybridized carbons (Fsp3) is 0.154. The molecule has 0 radical (unpaired) electrons. The van der Waals surface area contributed by atoms with Gasteiger partial charge in [0.15, 0.2) is 22.4 Å². The predicted molar refractivity (Wildman–Crippen MR) is 81.7 cm³/mol. The van der Waals surface area contributed by atoms with E-state index < -0.39 is 22.4 Å². The first-order chi connectivity index (χ1) is 11.0. The number of pyridine rings is 2. The van der Waals surface area contributed by atoms with Crippen LogP contribution in [0.3, 0.4) is 0 Å². The van der Waals surface area contributed by atoms with Crippen LogP contribution >= 0.6 is 23.3 Å². The predicted octanol–water partition coefficient (Wildman–Crippen LogP) is 2.21. The second-order valence-corrected chi connectivity index (χ2v) is 5.27. The largest absolute Gasteiger partial charge is 0.462 e. The molecule has 0 saturated heterocycles. The molecule has 0 amide bonds. The van der Waals surface area contributed by atoms with Crippen molar-refractivity contribution in [3.8, 4) is 5.82 Å². The number of nitrogens with zero attached hydrogens (tertiary/aromatic N) is 4. The van der Waals surface area contributed by atoms with Crippen LogP contribution in [-0.4, -0.2) is 30.9 Å². The maximum absolute atomic E-state index is 13.7. The number of hydrogen-bond donors (Lipinski definition) is 0. The van der Waals surface area contributed by atoms with Crippen LogP contribution in [0.5, 0.6) is 0 Å². The first-order valence-corrected chi connectivity index (χ1v) is 7.50. The Morgan fingerprint density at radius 1 is 1.52 bits per heavy atom. The van der Waals surface area contributed by atoms with Crippen molar-refractivity contribution in [3.63, 3.8) is 0 Å². The lowest BCUT2D eigenvalue weighted by atomic mass is 10.2. The molecule has 23 heavy (non-hydrogen) atoms. The van der Waals surface area contributed by atoms with Gasteiger partial charge in [-0.25, -0.2) is 14.2 Å². The third-order valence-electron chi connectivity index (χ3n) is 2.98. The van der Waals surface area contributed by atoms with Crippen molar-refractivity contribution < 1.29 is 13.9 Å². The zero-order valence-corrected chi connectivity index (χ0v) is 13.2. The number of carbonyl (C=O) groups is 1. The molecule has 0 unspecified atom stereocenters. The van der Waals surface area contributed by atoms with Crippen molar-refractivity contribution in [2.24, 2.45) is 0 Å². The zero-order chi connectivity index (χ0) is 16.6. The summed E-state index contributed by atoms with van der Waals surface area (Å²) in [5, 5.41) is -0.497. The summed E-state index contributed by atoms with van der Waals surface area (Å²) in [4.78, 5) is 28.3. The van der Waals surface area contributed by atoms with Gasteiger partial charge in [-0.15, -0.1) is 0 Å². The van der Waals surface area contributed by atoms with Gasteiger partial charge in [0.25, 0.3) is 0 Å². The highest BCUT2D eigenvalue weighted by Crippen LogP contribution is 2.20. The second-order valence-electron chi connectivity index (χ2n) is 4.36. The first-order valence-electron chi connectivity index (χ1n) is 6.39. The van der Waals surface area contributed by atoms with Crippen molar-refractivity contribution >= 4 is 40.3 Å². The van der Waals surface area contributed by atoms with Crippen LogP contribution < -0.4 is 5.43 Å². The van der Waals surface area contributed by atoms with Crippen LogP contribution in [0.4, 0.5) is 4.39 Å². The van der Waals surface area contributed by atoms with Gasteiger partial charge in [-0.1, -0.05) is 11.6 Å². The normalized spacial score (nSPS) is 10.9. The minimum atomic E-state index is -0.861. The van der Waals surface area contributed by atoms with Crippen molar-refractivity contribution in [1.82, 2.24) is 18.3 Å². The molecule has 0 saturated carbocycles. The van der Waals surface area contributed by atoms with Crippen LogP contribution in [0, 0.1) is 5.82 Å². The van der Waals surface area contributed by atoms with Gasteiger partial charge in [-0.2, -0.15) is 8.75 Å². The van der Waals surface area contributed by atoms with E-state index in [1.165, 1.54) is 17.0 Å². The summed E-state index contributed by atoms with van der Waals surface area (Å²) in [6.07, 6.45) is 2.66. The lowest BCUT2D eigenvalue weighted by molar-refractivity contribution is 0.0524. The van der Waals surface area contributed by atoms with E-state index in [1.54, 1.807) is 6.92 Å². The van der Waals surface area contributed by atoms with Crippen LogP contribution in [0.2, 0.25) is 5.15 Å². The summed E-state index contributed by atoms with van der Waals surface area (Å²) in [6.45, 7) is 1.71. The highest BCUT2D eigenvalue weighted by molar-refractivity contribution is 6.99. The minimum Gasteiger partial charge on any atom is -0.462 e. The van der Waals surface area contributed by atoms with E-state index in [1.807, 2.05) is 0 Å². The molecule has 0 aliphatic heterocycles. The van der Waals surface area contributed by atoms with Gasteiger partial charge in [0, 0.05) is 6.20 Å². The Kier molecular flexibility index (Phi) is 4.05. The van der Waals surface area contributed by atoms with Gasteiger partial charge in [-0.05, 0) is 13.0 Å². The molecule has 118 valence electrons. The summed E-state index contributed by atoms with van der Waals surface area (Å²) in [5.74, 6) is -1.35. The van der Waals surface area contributed by atoms with Gasteiger partial charge in [0.2, 0.25) is 5.43 Å². The van der Waals surface area contributed by atoms with E-state index in [0.717, 1.165) is 17.8 Å². The Morgan fingerprint density at radius 3 is 2.96 bits per heavy atom. The molecule has 0 N–H and O–H groups in total. The van der Waals surface area contributed by atoms with E-state index in [2.05, 4.69) is 13.7 Å². The highest BCUT2D eigenvalue weighted by atomic mass is 35.5. The Bertz CT molecular complexity index is 958. The average molecular weight is 355 g/mol. The number of rotatable bonds is 3. The topological polar surface area (TPSA) is 87.0 Å². The van der Waals surface area contributed by atoms with Crippen molar-refractivity contribution in [2.75, 3.05) is 6.61 Å². The summed E-state index contributed by atoms with van der Waals surface area (Å²) < 4.78 is 27.8. The number of hydrogen-bond acceptors (Lipinski definition) is 7. The van der Waals surface area contributed by atoms with Crippen molar-refractivity contribution in [1.29, 1.82) is 0 Å². The molecule has 0 spiro atoms. The van der Waals surface area contributed by atoms with Gasteiger partial charge in [0.05, 0.1) is 29.9 Å². The molecule has 10 heteroatoms. The number of fused-ring (bicyclic) bond motifs is 1. The van der Waals surface area contributed by atoms with Crippen LogP contribution in [0.25, 0.3) is 16.9 Å². The van der Waals surface area contributed by atoms with Crippen LogP contribution in [0.15, 0.2) is 23.3 Å². The Morgan fingerprint density at radius 2 is 2.30 bits per heavy atom. The number of halogens is 2. The standard InChI is InChI=1S/C13H8ClFN4O3S/c1-2-22-13(21)7-5-19(9-4-16-23-18-9)12-6(10(7)20)3-8(15)11(14)17-12/h3-5H,2H2,1H3. The second kappa shape index (κ2) is 6.01. The van der Waals surface area contributed by atoms with Crippen LogP contribution in [-0.2, 0) is 4.74 Å². The molecular weight excluding hydrogens is 347 g/mol. The monoisotopic (exact) mass is 354 g/mol. The highest BCUT2D eigenvalue weighted by Gasteiger charge is 2.20. The molecule has 3 aromatic heterocycles. The van der Waals surface area contributed by atoms with Crippen molar-refractivity contribution in [3.05, 3.63) is 45.2 Å². The summed E-state index contributed by atoms with van der Waals surface area (Å²) in [7, 11) is 0. The Balaban J connectivity index is 2.40.